The van der Waals surface area contributed by atoms with Gasteiger partial charge in [-0.1, -0.05) is 24.3 Å². The topological polar surface area (TPSA) is 117 Å². The molecule has 262 valence electrons. The first-order chi connectivity index (χ1) is 22.5. The van der Waals surface area contributed by atoms with E-state index >= 15 is 0 Å². The molecule has 3 fully saturated rings. The quantitative estimate of drug-likeness (QED) is 0.351. The second-order valence-corrected chi connectivity index (χ2v) is 15.2. The third-order valence-corrected chi connectivity index (χ3v) is 8.97. The molecule has 0 atom stereocenters. The van der Waals surface area contributed by atoms with E-state index in [2.05, 4.69) is 12.1 Å². The minimum absolute atomic E-state index is 0.110. The van der Waals surface area contributed by atoms with Gasteiger partial charge in [-0.2, -0.15) is 0 Å². The molecule has 0 radical (unpaired) electrons. The van der Waals surface area contributed by atoms with E-state index < -0.39 is 17.2 Å². The van der Waals surface area contributed by atoms with Gasteiger partial charge in [0.05, 0.1) is 5.56 Å². The number of amides is 3. The Labute approximate surface area is 285 Å². The molecule has 3 amide bonds. The fourth-order valence-corrected chi connectivity index (χ4v) is 6.07. The molecule has 0 unspecified atom stereocenters. The molecule has 10 nitrogen and oxygen atoms in total. The lowest BCUT2D eigenvalue weighted by Crippen LogP contribution is -2.41. The maximum atomic E-state index is 12.4. The molecule has 3 aliphatic rings. The number of carboxylic acids is 1. The minimum Gasteiger partial charge on any atom is -0.478 e. The van der Waals surface area contributed by atoms with Crippen molar-refractivity contribution in [3.8, 4) is 0 Å². The van der Waals surface area contributed by atoms with Crippen LogP contribution in [-0.2, 0) is 9.47 Å². The van der Waals surface area contributed by atoms with E-state index in [1.54, 1.807) is 21.9 Å². The lowest BCUT2D eigenvalue weighted by Gasteiger charge is -2.33. The number of piperidine rings is 2. The van der Waals surface area contributed by atoms with Crippen LogP contribution in [0.5, 0.6) is 0 Å². The van der Waals surface area contributed by atoms with E-state index in [0.29, 0.717) is 49.6 Å². The fraction of sp³-hybridized carbons (Fsp3) is 0.579. The molecule has 2 aliphatic heterocycles. The van der Waals surface area contributed by atoms with Crippen molar-refractivity contribution < 1.29 is 33.8 Å². The van der Waals surface area contributed by atoms with E-state index in [1.165, 1.54) is 5.56 Å². The Balaban J connectivity index is 0.000000220. The van der Waals surface area contributed by atoms with Gasteiger partial charge in [0.2, 0.25) is 0 Å². The summed E-state index contributed by atoms with van der Waals surface area (Å²) in [5.74, 6) is -0.00868. The molecule has 2 heterocycles. The van der Waals surface area contributed by atoms with Crippen molar-refractivity contribution in [2.45, 2.75) is 109 Å². The number of nitrogens with zero attached hydrogens (tertiary/aromatic N) is 3. The van der Waals surface area contributed by atoms with Crippen molar-refractivity contribution in [1.82, 2.24) is 14.7 Å². The van der Waals surface area contributed by atoms with Crippen LogP contribution in [0.2, 0.25) is 0 Å². The average molecular weight is 664 g/mol. The van der Waals surface area contributed by atoms with Crippen molar-refractivity contribution in [3.63, 3.8) is 0 Å². The molecule has 10 heteroatoms. The zero-order valence-corrected chi connectivity index (χ0v) is 29.7. The van der Waals surface area contributed by atoms with Crippen LogP contribution in [0.25, 0.3) is 0 Å². The first kappa shape index (κ1) is 36.8. The molecule has 48 heavy (non-hydrogen) atoms. The Morgan fingerprint density at radius 2 is 0.979 bits per heavy atom. The first-order valence-electron chi connectivity index (χ1n) is 17.2. The maximum absolute atomic E-state index is 12.4. The number of carbonyl (C=O) groups is 4. The summed E-state index contributed by atoms with van der Waals surface area (Å²) in [5, 5.41) is 8.92. The SMILES string of the molecule is CC(C)(C)OC(=O)N1CCC(c2ccc(C(=O)O)cc2)CC1.CN(C(=O)c1ccc(C2CCN(C(=O)OC(C)(C)C)CC2)cc1)C1CC1. The van der Waals surface area contributed by atoms with Crippen LogP contribution in [0.3, 0.4) is 0 Å². The van der Waals surface area contributed by atoms with Gasteiger partial charge in [0.15, 0.2) is 0 Å². The van der Waals surface area contributed by atoms with Crippen LogP contribution in [0.1, 0.15) is 124 Å². The lowest BCUT2D eigenvalue weighted by atomic mass is 9.89. The Hall–Kier alpha value is -4.08. The van der Waals surface area contributed by atoms with Crippen molar-refractivity contribution in [2.75, 3.05) is 33.2 Å². The molecule has 1 aliphatic carbocycles. The van der Waals surface area contributed by atoms with E-state index in [-0.39, 0.29) is 18.1 Å². The average Bonchev–Trinajstić information content (AvgIpc) is 3.89. The third-order valence-electron chi connectivity index (χ3n) is 8.97. The molecule has 1 saturated carbocycles. The number of ether oxygens (including phenoxy) is 2. The molecular formula is C38H53N3O7. The van der Waals surface area contributed by atoms with Crippen molar-refractivity contribution in [3.05, 3.63) is 70.8 Å². The van der Waals surface area contributed by atoms with Crippen LogP contribution < -0.4 is 0 Å². The van der Waals surface area contributed by atoms with Gasteiger partial charge in [0.25, 0.3) is 5.91 Å². The van der Waals surface area contributed by atoms with Gasteiger partial charge >= 0.3 is 18.2 Å². The van der Waals surface area contributed by atoms with Crippen molar-refractivity contribution >= 4 is 24.1 Å². The standard InChI is InChI=1S/C21H30N2O3.C17H23NO4/c1-21(2,3)26-20(25)23-13-11-16(12-14-23)15-5-7-17(8-6-15)19(24)22(4)18-9-10-18;1-17(2,3)22-16(21)18-10-8-13(9-11-18)12-4-6-14(7-5-12)15(19)20/h5-8,16,18H,9-14H2,1-4H3;4-7,13H,8-11H2,1-3H3,(H,19,20). The number of carboxylic acid groups (broad SMARTS) is 1. The highest BCUT2D eigenvalue weighted by Gasteiger charge is 2.31. The second kappa shape index (κ2) is 15.4. The van der Waals surface area contributed by atoms with Crippen LogP contribution >= 0.6 is 0 Å². The van der Waals surface area contributed by atoms with Crippen LogP contribution in [-0.4, -0.2) is 94.3 Å². The Bertz CT molecular complexity index is 1410. The highest BCUT2D eigenvalue weighted by molar-refractivity contribution is 5.94. The van der Waals surface area contributed by atoms with Crippen LogP contribution in [0, 0.1) is 0 Å². The van der Waals surface area contributed by atoms with Gasteiger partial charge < -0.3 is 29.3 Å². The number of likely N-dealkylation sites (tertiary alicyclic amines) is 2. The molecule has 2 saturated heterocycles. The van der Waals surface area contributed by atoms with Gasteiger partial charge in [-0.25, -0.2) is 14.4 Å². The molecule has 2 aromatic rings. The lowest BCUT2D eigenvalue weighted by molar-refractivity contribution is 0.0194. The molecule has 0 spiro atoms. The fourth-order valence-electron chi connectivity index (χ4n) is 6.07. The third kappa shape index (κ3) is 10.7. The smallest absolute Gasteiger partial charge is 0.410 e. The number of benzene rings is 2. The number of hydrogen-bond donors (Lipinski definition) is 1. The molecule has 1 N–H and O–H groups in total. The molecule has 0 bridgehead atoms. The van der Waals surface area contributed by atoms with Crippen molar-refractivity contribution in [1.29, 1.82) is 0 Å². The van der Waals surface area contributed by atoms with E-state index in [4.69, 9.17) is 14.6 Å². The summed E-state index contributed by atoms with van der Waals surface area (Å²) >= 11 is 0. The van der Waals surface area contributed by atoms with Gasteiger partial charge in [0.1, 0.15) is 11.2 Å². The summed E-state index contributed by atoms with van der Waals surface area (Å²) in [5.41, 5.74) is 2.52. The van der Waals surface area contributed by atoms with Gasteiger partial charge in [-0.05, 0) is 127 Å². The second-order valence-electron chi connectivity index (χ2n) is 15.2. The predicted molar refractivity (Wildman–Crippen MR) is 185 cm³/mol. The zero-order valence-electron chi connectivity index (χ0n) is 29.7. The Morgan fingerprint density at radius 3 is 1.29 bits per heavy atom. The number of hydrogen-bond acceptors (Lipinski definition) is 6. The summed E-state index contributed by atoms with van der Waals surface area (Å²) in [6.45, 7) is 14.0. The monoisotopic (exact) mass is 663 g/mol. The maximum Gasteiger partial charge on any atom is 0.410 e. The van der Waals surface area contributed by atoms with E-state index in [9.17, 15) is 19.2 Å². The minimum atomic E-state index is -0.911. The molecular weight excluding hydrogens is 610 g/mol. The number of aromatic carboxylic acids is 1. The molecule has 5 rings (SSSR count). The Morgan fingerprint density at radius 1 is 0.625 bits per heavy atom. The normalized spacial score (nSPS) is 17.6. The zero-order chi connectivity index (χ0) is 35.2. The highest BCUT2D eigenvalue weighted by Crippen LogP contribution is 2.31. The number of rotatable bonds is 5. The van der Waals surface area contributed by atoms with Gasteiger partial charge in [-0.3, -0.25) is 4.79 Å². The Kier molecular flexibility index (Phi) is 11.8. The summed E-state index contributed by atoms with van der Waals surface area (Å²) < 4.78 is 10.8. The van der Waals surface area contributed by atoms with Crippen molar-refractivity contribution in [2.24, 2.45) is 0 Å². The number of carbonyl (C=O) groups excluding carboxylic acids is 3. The predicted octanol–water partition coefficient (Wildman–Crippen LogP) is 7.53. The molecule has 0 aromatic heterocycles. The summed E-state index contributed by atoms with van der Waals surface area (Å²) in [6, 6.07) is 15.5. The van der Waals surface area contributed by atoms with Crippen LogP contribution in [0.15, 0.2) is 48.5 Å². The summed E-state index contributed by atoms with van der Waals surface area (Å²) in [6.07, 6.45) is 5.35. The van der Waals surface area contributed by atoms with E-state index in [1.807, 2.05) is 77.8 Å². The largest absolute Gasteiger partial charge is 0.478 e. The van der Waals surface area contributed by atoms with E-state index in [0.717, 1.165) is 49.7 Å². The molecule has 2 aromatic carbocycles. The van der Waals surface area contributed by atoms with Gasteiger partial charge in [-0.15, -0.1) is 0 Å². The summed E-state index contributed by atoms with van der Waals surface area (Å²) in [4.78, 5) is 52.8. The van der Waals surface area contributed by atoms with Crippen LogP contribution in [0.4, 0.5) is 9.59 Å². The summed E-state index contributed by atoms with van der Waals surface area (Å²) in [7, 11) is 1.89. The highest BCUT2D eigenvalue weighted by atomic mass is 16.6. The van der Waals surface area contributed by atoms with Gasteiger partial charge in [0, 0.05) is 44.8 Å². The first-order valence-corrected chi connectivity index (χ1v) is 17.2.